The third kappa shape index (κ3) is 3.68. The molecule has 1 saturated heterocycles. The van der Waals surface area contributed by atoms with Crippen LogP contribution < -0.4 is 5.32 Å². The zero-order valence-electron chi connectivity index (χ0n) is 15.0. The average Bonchev–Trinajstić information content (AvgIpc) is 3.24. The lowest BCUT2D eigenvalue weighted by atomic mass is 10.2. The fraction of sp³-hybridized carbons (Fsp3) is 0.250. The summed E-state index contributed by atoms with van der Waals surface area (Å²) in [4.78, 5) is 30.1. The van der Waals surface area contributed by atoms with E-state index in [-0.39, 0.29) is 17.7 Å². The van der Waals surface area contributed by atoms with Gasteiger partial charge in [-0.3, -0.25) is 9.69 Å². The van der Waals surface area contributed by atoms with Gasteiger partial charge >= 0.3 is 6.03 Å². The van der Waals surface area contributed by atoms with Crippen LogP contribution in [0.15, 0.2) is 53.7 Å². The predicted molar refractivity (Wildman–Crippen MR) is 106 cm³/mol. The molecule has 0 bridgehead atoms. The normalized spacial score (nSPS) is 14.0. The molecule has 2 heterocycles. The highest BCUT2D eigenvalue weighted by atomic mass is 32.2. The Morgan fingerprint density at radius 1 is 1.22 bits per heavy atom. The van der Waals surface area contributed by atoms with E-state index in [1.54, 1.807) is 0 Å². The Bertz CT molecular complexity index is 1000. The third-order valence-electron chi connectivity index (χ3n) is 4.53. The Balaban J connectivity index is 1.61. The Kier molecular flexibility index (Phi) is 4.85. The van der Waals surface area contributed by atoms with Crippen molar-refractivity contribution in [2.45, 2.75) is 18.6 Å². The molecule has 138 valence electrons. The zero-order chi connectivity index (χ0) is 18.8. The molecular formula is C20H20N4O2S. The van der Waals surface area contributed by atoms with E-state index in [4.69, 9.17) is 4.98 Å². The number of aromatic nitrogens is 2. The molecule has 0 aliphatic carbocycles. The van der Waals surface area contributed by atoms with E-state index in [1.165, 1.54) is 22.2 Å². The molecule has 0 saturated carbocycles. The van der Waals surface area contributed by atoms with E-state index in [0.717, 1.165) is 21.8 Å². The number of carbonyl (C=O) groups is 2. The van der Waals surface area contributed by atoms with Crippen LogP contribution in [-0.2, 0) is 11.3 Å². The highest BCUT2D eigenvalue weighted by Gasteiger charge is 2.26. The molecule has 1 N–H and O–H groups in total. The summed E-state index contributed by atoms with van der Waals surface area (Å²) in [7, 11) is 0. The van der Waals surface area contributed by atoms with Gasteiger partial charge in [0.15, 0.2) is 5.16 Å². The van der Waals surface area contributed by atoms with Crippen molar-refractivity contribution in [2.24, 2.45) is 0 Å². The number of hydrogen-bond acceptors (Lipinski definition) is 4. The number of nitrogens with one attached hydrogen (secondary N) is 1. The lowest BCUT2D eigenvalue weighted by molar-refractivity contribution is -0.124. The van der Waals surface area contributed by atoms with Crippen molar-refractivity contribution in [1.29, 1.82) is 0 Å². The molecule has 1 fully saturated rings. The smallest absolute Gasteiger partial charge is 0.324 e. The van der Waals surface area contributed by atoms with Gasteiger partial charge in [0.2, 0.25) is 5.91 Å². The predicted octanol–water partition coefficient (Wildman–Crippen LogP) is 3.04. The van der Waals surface area contributed by atoms with Gasteiger partial charge in [0.1, 0.15) is 0 Å². The second kappa shape index (κ2) is 7.44. The Labute approximate surface area is 161 Å². The summed E-state index contributed by atoms with van der Waals surface area (Å²) in [5.74, 6) is -0.00525. The molecule has 0 atom stereocenters. The van der Waals surface area contributed by atoms with Crippen molar-refractivity contribution in [3.63, 3.8) is 0 Å². The monoisotopic (exact) mass is 380 g/mol. The minimum Gasteiger partial charge on any atom is -0.336 e. The van der Waals surface area contributed by atoms with Gasteiger partial charge in [-0.1, -0.05) is 48.2 Å². The number of imide groups is 1. The lowest BCUT2D eigenvalue weighted by Gasteiger charge is -2.12. The van der Waals surface area contributed by atoms with Crippen LogP contribution in [0.3, 0.4) is 0 Å². The van der Waals surface area contributed by atoms with E-state index in [9.17, 15) is 9.59 Å². The Morgan fingerprint density at radius 3 is 2.78 bits per heavy atom. The maximum atomic E-state index is 12.4. The van der Waals surface area contributed by atoms with Gasteiger partial charge < -0.3 is 9.88 Å². The second-order valence-electron chi connectivity index (χ2n) is 6.52. The summed E-state index contributed by atoms with van der Waals surface area (Å²) < 4.78 is 2.13. The van der Waals surface area contributed by atoms with E-state index in [1.807, 2.05) is 25.1 Å². The maximum Gasteiger partial charge on any atom is 0.324 e. The van der Waals surface area contributed by atoms with Crippen molar-refractivity contribution >= 4 is 34.7 Å². The number of hydrogen-bond donors (Lipinski definition) is 1. The summed E-state index contributed by atoms with van der Waals surface area (Å²) in [6.45, 7) is 3.66. The van der Waals surface area contributed by atoms with Crippen LogP contribution in [0, 0.1) is 6.92 Å². The van der Waals surface area contributed by atoms with Crippen molar-refractivity contribution in [1.82, 2.24) is 19.8 Å². The van der Waals surface area contributed by atoms with E-state index in [0.29, 0.717) is 19.6 Å². The van der Waals surface area contributed by atoms with E-state index < -0.39 is 0 Å². The molecule has 4 rings (SSSR count). The summed E-state index contributed by atoms with van der Waals surface area (Å²) in [6, 6.07) is 16.1. The van der Waals surface area contributed by atoms with Gasteiger partial charge in [-0.05, 0) is 30.2 Å². The standard InChI is InChI=1S/C20H20N4O2S/c1-14-7-8-17-16(11-14)22-20(24(17)12-15-5-3-2-4-6-15)27-13-18(25)23-10-9-21-19(23)26/h2-8,11H,9-10,12-13H2,1H3,(H,21,26). The lowest BCUT2D eigenvalue weighted by Crippen LogP contribution is -2.35. The zero-order valence-corrected chi connectivity index (χ0v) is 15.8. The average molecular weight is 380 g/mol. The molecule has 7 heteroatoms. The topological polar surface area (TPSA) is 67.2 Å². The van der Waals surface area contributed by atoms with Crippen LogP contribution in [0.2, 0.25) is 0 Å². The molecule has 0 radical (unpaired) electrons. The summed E-state index contributed by atoms with van der Waals surface area (Å²) in [6.07, 6.45) is 0. The van der Waals surface area contributed by atoms with Crippen LogP contribution >= 0.6 is 11.8 Å². The first kappa shape index (κ1) is 17.6. The molecule has 0 spiro atoms. The number of imidazole rings is 1. The number of urea groups is 1. The van der Waals surface area contributed by atoms with Crippen molar-refractivity contribution < 1.29 is 9.59 Å². The van der Waals surface area contributed by atoms with Crippen molar-refractivity contribution in [2.75, 3.05) is 18.8 Å². The molecule has 27 heavy (non-hydrogen) atoms. The highest BCUT2D eigenvalue weighted by Crippen LogP contribution is 2.26. The first-order valence-corrected chi connectivity index (χ1v) is 9.82. The maximum absolute atomic E-state index is 12.4. The molecule has 6 nitrogen and oxygen atoms in total. The molecule has 2 aromatic carbocycles. The minimum atomic E-state index is -0.311. The van der Waals surface area contributed by atoms with E-state index in [2.05, 4.69) is 40.2 Å². The minimum absolute atomic E-state index is 0.185. The largest absolute Gasteiger partial charge is 0.336 e. The van der Waals surface area contributed by atoms with Crippen molar-refractivity contribution in [3.8, 4) is 0 Å². The molecule has 1 aliphatic heterocycles. The second-order valence-corrected chi connectivity index (χ2v) is 7.47. The Hall–Kier alpha value is -2.80. The van der Waals surface area contributed by atoms with Gasteiger partial charge in [0.05, 0.1) is 23.3 Å². The molecule has 1 aromatic heterocycles. The number of rotatable bonds is 5. The molecule has 1 aliphatic rings. The number of amides is 3. The first-order chi connectivity index (χ1) is 13.1. The van der Waals surface area contributed by atoms with Gasteiger partial charge in [0.25, 0.3) is 0 Å². The third-order valence-corrected chi connectivity index (χ3v) is 5.50. The first-order valence-electron chi connectivity index (χ1n) is 8.83. The number of thioether (sulfide) groups is 1. The molecule has 3 aromatic rings. The van der Waals surface area contributed by atoms with Gasteiger partial charge in [-0.2, -0.15) is 0 Å². The molecule has 3 amide bonds. The van der Waals surface area contributed by atoms with Crippen LogP contribution in [0.25, 0.3) is 11.0 Å². The van der Waals surface area contributed by atoms with Crippen LogP contribution in [-0.4, -0.2) is 45.2 Å². The van der Waals surface area contributed by atoms with Gasteiger partial charge in [-0.25, -0.2) is 9.78 Å². The van der Waals surface area contributed by atoms with Crippen LogP contribution in [0.1, 0.15) is 11.1 Å². The van der Waals surface area contributed by atoms with Crippen LogP contribution in [0.4, 0.5) is 4.79 Å². The highest BCUT2D eigenvalue weighted by molar-refractivity contribution is 7.99. The van der Waals surface area contributed by atoms with E-state index >= 15 is 0 Å². The summed E-state index contributed by atoms with van der Waals surface area (Å²) >= 11 is 1.38. The van der Waals surface area contributed by atoms with Gasteiger partial charge in [0, 0.05) is 13.1 Å². The van der Waals surface area contributed by atoms with Crippen LogP contribution in [0.5, 0.6) is 0 Å². The number of carbonyl (C=O) groups excluding carboxylic acids is 2. The number of nitrogens with zero attached hydrogens (tertiary/aromatic N) is 3. The Morgan fingerprint density at radius 2 is 2.04 bits per heavy atom. The van der Waals surface area contributed by atoms with Gasteiger partial charge in [-0.15, -0.1) is 0 Å². The number of benzene rings is 2. The fourth-order valence-electron chi connectivity index (χ4n) is 3.16. The summed E-state index contributed by atoms with van der Waals surface area (Å²) in [5.41, 5.74) is 4.27. The fourth-order valence-corrected chi connectivity index (χ4v) is 4.05. The van der Waals surface area contributed by atoms with Crippen molar-refractivity contribution in [3.05, 3.63) is 59.7 Å². The molecule has 0 unspecified atom stereocenters. The summed E-state index contributed by atoms with van der Waals surface area (Å²) in [5, 5.41) is 3.44. The SMILES string of the molecule is Cc1ccc2c(c1)nc(SCC(=O)N1CCNC1=O)n2Cc1ccccc1. The molecular weight excluding hydrogens is 360 g/mol. The number of aryl methyl sites for hydroxylation is 1. The quantitative estimate of drug-likeness (QED) is 0.691. The number of fused-ring (bicyclic) bond motifs is 1.